The Morgan fingerprint density at radius 3 is 2.50 bits per heavy atom. The van der Waals surface area contributed by atoms with Crippen LogP contribution in [-0.4, -0.2) is 45.6 Å². The average molecular weight is 407 g/mol. The molecule has 3 rings (SSSR count). The van der Waals surface area contributed by atoms with E-state index in [9.17, 15) is 14.4 Å². The minimum absolute atomic E-state index is 0.118. The van der Waals surface area contributed by atoms with Gasteiger partial charge in [-0.15, -0.1) is 0 Å². The van der Waals surface area contributed by atoms with Crippen molar-refractivity contribution < 1.29 is 9.53 Å². The molecule has 1 saturated heterocycles. The van der Waals surface area contributed by atoms with E-state index in [1.165, 1.54) is 14.1 Å². The number of morpholine rings is 1. The van der Waals surface area contributed by atoms with Crippen LogP contribution in [0.2, 0.25) is 5.02 Å². The van der Waals surface area contributed by atoms with Crippen molar-refractivity contribution in [2.75, 3.05) is 25.4 Å². The zero-order valence-corrected chi connectivity index (χ0v) is 16.8. The Bertz CT molecular complexity index is 1010. The molecule has 1 aliphatic heterocycles. The number of rotatable bonds is 4. The summed E-state index contributed by atoms with van der Waals surface area (Å²) >= 11 is 5.94. The van der Waals surface area contributed by atoms with Gasteiger partial charge in [0.15, 0.2) is 5.78 Å². The van der Waals surface area contributed by atoms with Crippen molar-refractivity contribution in [1.29, 1.82) is 0 Å². The lowest BCUT2D eigenvalue weighted by molar-refractivity contribution is -0.0387. The van der Waals surface area contributed by atoms with E-state index in [1.807, 2.05) is 17.0 Å². The lowest BCUT2D eigenvalue weighted by Crippen LogP contribution is -2.49. The smallest absolute Gasteiger partial charge is 0.332 e. The highest BCUT2D eigenvalue weighted by Gasteiger charge is 2.32. The van der Waals surface area contributed by atoms with Crippen molar-refractivity contribution in [3.63, 3.8) is 0 Å². The summed E-state index contributed by atoms with van der Waals surface area (Å²) in [5.74, 6) is -0.530. The highest BCUT2D eigenvalue weighted by Crippen LogP contribution is 2.25. The molecule has 9 heteroatoms. The Kier molecular flexibility index (Phi) is 5.74. The van der Waals surface area contributed by atoms with Gasteiger partial charge in [-0.1, -0.05) is 23.7 Å². The number of hydrogen-bond acceptors (Lipinski definition) is 6. The third-order valence-corrected chi connectivity index (χ3v) is 5.48. The maximum absolute atomic E-state index is 13.1. The molecule has 0 amide bonds. The van der Waals surface area contributed by atoms with Crippen LogP contribution in [0.5, 0.6) is 0 Å². The fraction of sp³-hybridized carbons (Fsp3) is 0.421. The molecule has 0 saturated carbocycles. The van der Waals surface area contributed by atoms with Crippen LogP contribution < -0.4 is 17.0 Å². The summed E-state index contributed by atoms with van der Waals surface area (Å²) in [6.45, 7) is 3.21. The van der Waals surface area contributed by atoms with Crippen LogP contribution in [0.4, 0.5) is 5.82 Å². The Labute approximate surface area is 167 Å². The van der Waals surface area contributed by atoms with Crippen molar-refractivity contribution in [2.24, 2.45) is 14.1 Å². The summed E-state index contributed by atoms with van der Waals surface area (Å²) in [4.78, 5) is 39.5. The van der Waals surface area contributed by atoms with Crippen molar-refractivity contribution in [2.45, 2.75) is 19.1 Å². The molecule has 0 aliphatic carbocycles. The second kappa shape index (κ2) is 7.90. The Morgan fingerprint density at radius 2 is 1.86 bits per heavy atom. The molecule has 0 bridgehead atoms. The Morgan fingerprint density at radius 1 is 1.21 bits per heavy atom. The van der Waals surface area contributed by atoms with Gasteiger partial charge in [0.2, 0.25) is 0 Å². The van der Waals surface area contributed by atoms with Crippen LogP contribution in [0.25, 0.3) is 0 Å². The summed E-state index contributed by atoms with van der Waals surface area (Å²) in [7, 11) is 2.76. The normalized spacial score (nSPS) is 18.8. The van der Waals surface area contributed by atoms with E-state index in [2.05, 4.69) is 0 Å². The molecule has 2 aromatic rings. The number of ketones is 1. The lowest BCUT2D eigenvalue weighted by atomic mass is 10.0. The first-order valence-corrected chi connectivity index (χ1v) is 9.31. The number of nitrogens with two attached hydrogens (primary N) is 1. The Balaban J connectivity index is 1.87. The van der Waals surface area contributed by atoms with Crippen molar-refractivity contribution in [3.8, 4) is 0 Å². The number of nitrogens with zero attached hydrogens (tertiary/aromatic N) is 3. The molecule has 1 aromatic carbocycles. The van der Waals surface area contributed by atoms with Crippen LogP contribution in [0.1, 0.15) is 28.9 Å². The second-order valence-corrected chi connectivity index (χ2v) is 7.35. The molecule has 0 spiro atoms. The van der Waals surface area contributed by atoms with Gasteiger partial charge in [0.1, 0.15) is 11.4 Å². The number of carbonyl (C=O) groups is 1. The summed E-state index contributed by atoms with van der Waals surface area (Å²) in [5.41, 5.74) is 5.48. The largest absolute Gasteiger partial charge is 0.384 e. The molecule has 2 N–H and O–H groups in total. The number of ether oxygens (including phenoxy) is 1. The van der Waals surface area contributed by atoms with Gasteiger partial charge in [-0.05, 0) is 24.6 Å². The molecular weight excluding hydrogens is 384 g/mol. The minimum atomic E-state index is -0.681. The number of nitrogen functional groups attached to an aromatic ring is 1. The predicted octanol–water partition coefficient (Wildman–Crippen LogP) is 0.964. The van der Waals surface area contributed by atoms with Gasteiger partial charge in [-0.2, -0.15) is 0 Å². The number of halogens is 1. The zero-order valence-electron chi connectivity index (χ0n) is 16.0. The summed E-state index contributed by atoms with van der Waals surface area (Å²) < 4.78 is 7.84. The number of hydrogen-bond donors (Lipinski definition) is 1. The molecule has 0 unspecified atom stereocenters. The zero-order chi connectivity index (χ0) is 20.6. The third kappa shape index (κ3) is 3.63. The van der Waals surface area contributed by atoms with Gasteiger partial charge in [0, 0.05) is 32.2 Å². The molecule has 1 aromatic heterocycles. The highest BCUT2D eigenvalue weighted by atomic mass is 35.5. The number of anilines is 1. The molecular formula is C19H23ClN4O4. The molecule has 150 valence electrons. The first-order valence-electron chi connectivity index (χ1n) is 8.93. The molecule has 28 heavy (non-hydrogen) atoms. The number of aromatic nitrogens is 2. The van der Waals surface area contributed by atoms with Gasteiger partial charge < -0.3 is 10.5 Å². The SMILES string of the molecule is C[C@@H](C(=O)c1c(N)n(C)c(=O)n(C)c1=O)N1CCO[C@H](c2ccc(Cl)cc2)C1. The predicted molar refractivity (Wildman–Crippen MR) is 107 cm³/mol. The van der Waals surface area contributed by atoms with E-state index in [4.69, 9.17) is 22.1 Å². The molecule has 2 atom stereocenters. The minimum Gasteiger partial charge on any atom is -0.384 e. The molecule has 8 nitrogen and oxygen atoms in total. The van der Waals surface area contributed by atoms with Gasteiger partial charge in [-0.25, -0.2) is 4.79 Å². The van der Waals surface area contributed by atoms with E-state index >= 15 is 0 Å². The molecule has 1 fully saturated rings. The summed E-state index contributed by atoms with van der Waals surface area (Å²) in [6, 6.07) is 6.78. The van der Waals surface area contributed by atoms with Gasteiger partial charge in [0.05, 0.1) is 18.8 Å². The van der Waals surface area contributed by atoms with Gasteiger partial charge >= 0.3 is 5.69 Å². The third-order valence-electron chi connectivity index (χ3n) is 5.22. The molecule has 1 aliphatic rings. The average Bonchev–Trinajstić information content (AvgIpc) is 2.71. The summed E-state index contributed by atoms with van der Waals surface area (Å²) in [6.07, 6.45) is -0.207. The van der Waals surface area contributed by atoms with Crippen LogP contribution in [-0.2, 0) is 18.8 Å². The Hall–Kier alpha value is -2.42. The maximum atomic E-state index is 13.1. The van der Waals surface area contributed by atoms with Crippen molar-refractivity contribution in [3.05, 3.63) is 61.3 Å². The van der Waals surface area contributed by atoms with Gasteiger partial charge in [0.25, 0.3) is 5.56 Å². The van der Waals surface area contributed by atoms with Crippen LogP contribution in [0, 0.1) is 0 Å². The number of benzene rings is 1. The molecule has 0 radical (unpaired) electrons. The van der Waals surface area contributed by atoms with Gasteiger partial charge in [-0.3, -0.25) is 23.6 Å². The van der Waals surface area contributed by atoms with Crippen molar-refractivity contribution in [1.82, 2.24) is 14.0 Å². The summed E-state index contributed by atoms with van der Waals surface area (Å²) in [5, 5.41) is 0.640. The maximum Gasteiger partial charge on any atom is 0.332 e. The second-order valence-electron chi connectivity index (χ2n) is 6.91. The van der Waals surface area contributed by atoms with E-state index in [1.54, 1.807) is 19.1 Å². The fourth-order valence-electron chi connectivity index (χ4n) is 3.37. The van der Waals surface area contributed by atoms with Crippen LogP contribution in [0.15, 0.2) is 33.9 Å². The standard InChI is InChI=1S/C19H23ClN4O4/c1-11(16(25)15-17(21)22(2)19(27)23(3)18(15)26)24-8-9-28-14(10-24)12-4-6-13(20)7-5-12/h4-7,11,14H,8-10,21H2,1-3H3/t11-,14-/m0/s1. The lowest BCUT2D eigenvalue weighted by Gasteiger charge is -2.36. The molecule has 2 heterocycles. The van der Waals surface area contributed by atoms with E-state index < -0.39 is 23.1 Å². The van der Waals surface area contributed by atoms with Crippen LogP contribution >= 0.6 is 11.6 Å². The first-order chi connectivity index (χ1) is 13.2. The number of carbonyl (C=O) groups excluding carboxylic acids is 1. The fourth-order valence-corrected chi connectivity index (χ4v) is 3.49. The number of Topliss-reactive ketones (excluding diaryl/α,β-unsaturated/α-hetero) is 1. The van der Waals surface area contributed by atoms with Crippen LogP contribution in [0.3, 0.4) is 0 Å². The first kappa shape index (κ1) is 20.3. The van der Waals surface area contributed by atoms with Crippen molar-refractivity contribution >= 4 is 23.2 Å². The highest BCUT2D eigenvalue weighted by molar-refractivity contribution is 6.30. The van der Waals surface area contributed by atoms with E-state index in [0.717, 1.165) is 14.7 Å². The monoisotopic (exact) mass is 406 g/mol. The van der Waals surface area contributed by atoms with E-state index in [-0.39, 0.29) is 17.5 Å². The van der Waals surface area contributed by atoms with E-state index in [0.29, 0.717) is 24.7 Å². The topological polar surface area (TPSA) is 99.6 Å². The quantitative estimate of drug-likeness (QED) is 0.759.